The van der Waals surface area contributed by atoms with E-state index in [2.05, 4.69) is 21.3 Å². The molecule has 0 saturated carbocycles. The van der Waals surface area contributed by atoms with Crippen molar-refractivity contribution in [2.24, 2.45) is 22.9 Å². The van der Waals surface area contributed by atoms with E-state index in [0.29, 0.717) is 5.56 Å². The number of hydrogen-bond donors (Lipinski definition) is 9. The largest absolute Gasteiger partial charge is 0.480 e. The lowest BCUT2D eigenvalue weighted by Gasteiger charge is -2.26. The number of carbonyl (C=O) groups excluding carboxylic acids is 7. The fourth-order valence-electron chi connectivity index (χ4n) is 4.48. The van der Waals surface area contributed by atoms with Crippen LogP contribution in [0.4, 0.5) is 0 Å². The number of hydrogen-bond acceptors (Lipinski definition) is 9. The maximum atomic E-state index is 13.5. The van der Waals surface area contributed by atoms with Gasteiger partial charge in [-0.3, -0.25) is 33.6 Å². The summed E-state index contributed by atoms with van der Waals surface area (Å²) in [5.74, 6) is -8.15. The van der Waals surface area contributed by atoms with E-state index in [9.17, 15) is 43.5 Å². The van der Waals surface area contributed by atoms with Gasteiger partial charge >= 0.3 is 5.97 Å². The molecule has 17 heteroatoms. The Hall–Kier alpha value is -5.84. The van der Waals surface area contributed by atoms with E-state index in [1.54, 1.807) is 60.7 Å². The van der Waals surface area contributed by atoms with E-state index < -0.39 is 96.8 Å². The number of rotatable bonds is 20. The fourth-order valence-corrected chi connectivity index (χ4v) is 4.48. The topological polar surface area (TPSA) is 309 Å². The van der Waals surface area contributed by atoms with Crippen molar-refractivity contribution in [1.82, 2.24) is 21.3 Å². The lowest BCUT2D eigenvalue weighted by Crippen LogP contribution is -2.59. The molecule has 2 aromatic carbocycles. The van der Waals surface area contributed by atoms with Crippen molar-refractivity contribution >= 4 is 47.3 Å². The molecule has 7 amide bonds. The number of carboxylic acids is 1. The van der Waals surface area contributed by atoms with Gasteiger partial charge < -0.3 is 49.3 Å². The van der Waals surface area contributed by atoms with Crippen LogP contribution in [0.1, 0.15) is 36.8 Å². The second-order valence-corrected chi connectivity index (χ2v) is 10.9. The average molecular weight is 669 g/mol. The highest BCUT2D eigenvalue weighted by atomic mass is 16.4. The Morgan fingerprint density at radius 2 is 0.958 bits per heavy atom. The molecule has 0 fully saturated rings. The van der Waals surface area contributed by atoms with Crippen LogP contribution in [0.5, 0.6) is 0 Å². The van der Waals surface area contributed by atoms with Crippen molar-refractivity contribution in [3.63, 3.8) is 0 Å². The molecule has 0 bridgehead atoms. The zero-order valence-corrected chi connectivity index (χ0v) is 25.9. The molecule has 48 heavy (non-hydrogen) atoms. The van der Waals surface area contributed by atoms with Crippen LogP contribution < -0.4 is 44.2 Å². The number of amides is 7. The summed E-state index contributed by atoms with van der Waals surface area (Å²) in [6, 6.07) is 9.68. The van der Waals surface area contributed by atoms with Gasteiger partial charge in [-0.25, -0.2) is 4.79 Å². The number of primary amides is 3. The van der Waals surface area contributed by atoms with E-state index in [-0.39, 0.29) is 19.3 Å². The van der Waals surface area contributed by atoms with E-state index >= 15 is 0 Å². The van der Waals surface area contributed by atoms with Crippen LogP contribution in [0, 0.1) is 0 Å². The van der Waals surface area contributed by atoms with E-state index in [4.69, 9.17) is 22.9 Å². The minimum absolute atomic E-state index is 0.105. The Bertz CT molecular complexity index is 1470. The first-order valence-corrected chi connectivity index (χ1v) is 14.8. The molecule has 5 atom stereocenters. The molecular weight excluding hydrogens is 628 g/mol. The maximum absolute atomic E-state index is 13.5. The zero-order valence-electron chi connectivity index (χ0n) is 25.9. The van der Waals surface area contributed by atoms with Gasteiger partial charge in [-0.05, 0) is 24.0 Å². The van der Waals surface area contributed by atoms with Gasteiger partial charge in [-0.1, -0.05) is 60.7 Å². The average Bonchev–Trinajstić information content (AvgIpc) is 3.02. The van der Waals surface area contributed by atoms with Gasteiger partial charge in [0.05, 0.1) is 18.9 Å². The highest BCUT2D eigenvalue weighted by molar-refractivity contribution is 5.97. The quantitative estimate of drug-likeness (QED) is 0.0682. The molecule has 0 aliphatic carbocycles. The Kier molecular flexibility index (Phi) is 15.2. The molecule has 2 rings (SSSR count). The summed E-state index contributed by atoms with van der Waals surface area (Å²) in [6.45, 7) is 0. The van der Waals surface area contributed by atoms with Crippen molar-refractivity contribution in [3.05, 3.63) is 71.8 Å². The Labute approximate surface area is 275 Å². The van der Waals surface area contributed by atoms with Gasteiger partial charge in [-0.2, -0.15) is 0 Å². The lowest BCUT2D eigenvalue weighted by molar-refractivity contribution is -0.143. The third-order valence-corrected chi connectivity index (χ3v) is 6.92. The van der Waals surface area contributed by atoms with Crippen molar-refractivity contribution in [3.8, 4) is 0 Å². The van der Waals surface area contributed by atoms with Gasteiger partial charge in [0.2, 0.25) is 41.4 Å². The summed E-state index contributed by atoms with van der Waals surface area (Å²) < 4.78 is 0. The predicted octanol–water partition coefficient (Wildman–Crippen LogP) is -3.16. The van der Waals surface area contributed by atoms with Crippen LogP contribution in [-0.2, 0) is 51.2 Å². The Morgan fingerprint density at radius 3 is 1.46 bits per heavy atom. The molecule has 0 aliphatic rings. The van der Waals surface area contributed by atoms with Gasteiger partial charge in [-0.15, -0.1) is 0 Å². The molecule has 13 N–H and O–H groups in total. The first-order valence-electron chi connectivity index (χ1n) is 14.8. The fraction of sp³-hybridized carbons (Fsp3) is 0.355. The monoisotopic (exact) mass is 668 g/mol. The lowest BCUT2D eigenvalue weighted by atomic mass is 10.0. The first kappa shape index (κ1) is 38.3. The molecule has 17 nitrogen and oxygen atoms in total. The molecule has 0 heterocycles. The third kappa shape index (κ3) is 13.7. The van der Waals surface area contributed by atoms with E-state index in [1.165, 1.54) is 0 Å². The van der Waals surface area contributed by atoms with Gasteiger partial charge in [0.1, 0.15) is 24.2 Å². The van der Waals surface area contributed by atoms with Crippen LogP contribution >= 0.6 is 0 Å². The van der Waals surface area contributed by atoms with E-state index in [1.807, 2.05) is 0 Å². The SMILES string of the molecule is NC(=O)CCC(NC(=O)C(CC(N)=O)NC(=O)C(N)Cc1ccccc1)C(=O)NC(Cc1ccccc1)C(=O)NC(CC(N)=O)C(=O)O. The minimum Gasteiger partial charge on any atom is -0.480 e. The van der Waals surface area contributed by atoms with Crippen LogP contribution in [0.3, 0.4) is 0 Å². The molecule has 0 saturated heterocycles. The van der Waals surface area contributed by atoms with Crippen molar-refractivity contribution < 1.29 is 43.5 Å². The van der Waals surface area contributed by atoms with Gasteiger partial charge in [0.25, 0.3) is 0 Å². The number of carboxylic acid groups (broad SMARTS) is 1. The Morgan fingerprint density at radius 1 is 0.542 bits per heavy atom. The summed E-state index contributed by atoms with van der Waals surface area (Å²) >= 11 is 0. The molecule has 258 valence electrons. The number of benzene rings is 2. The smallest absolute Gasteiger partial charge is 0.326 e. The molecule has 2 aromatic rings. The Balaban J connectivity index is 2.29. The highest BCUT2D eigenvalue weighted by Gasteiger charge is 2.33. The second-order valence-electron chi connectivity index (χ2n) is 10.9. The van der Waals surface area contributed by atoms with Crippen molar-refractivity contribution in [2.45, 2.75) is 68.7 Å². The third-order valence-electron chi connectivity index (χ3n) is 6.92. The summed E-state index contributed by atoms with van der Waals surface area (Å²) in [4.78, 5) is 99.3. The molecule has 0 aliphatic heterocycles. The zero-order chi connectivity index (χ0) is 35.8. The molecular formula is C31H40N8O9. The highest BCUT2D eigenvalue weighted by Crippen LogP contribution is 2.08. The maximum Gasteiger partial charge on any atom is 0.326 e. The van der Waals surface area contributed by atoms with Crippen molar-refractivity contribution in [1.29, 1.82) is 0 Å². The van der Waals surface area contributed by atoms with Crippen LogP contribution in [0.15, 0.2) is 60.7 Å². The van der Waals surface area contributed by atoms with Crippen LogP contribution in [-0.4, -0.2) is 82.6 Å². The van der Waals surface area contributed by atoms with Gasteiger partial charge in [0, 0.05) is 12.8 Å². The summed E-state index contributed by atoms with van der Waals surface area (Å²) in [5.41, 5.74) is 23.0. The summed E-state index contributed by atoms with van der Waals surface area (Å²) in [7, 11) is 0. The second kappa shape index (κ2) is 19.0. The number of carbonyl (C=O) groups is 8. The number of nitrogens with one attached hydrogen (secondary N) is 4. The minimum atomic E-state index is -1.71. The molecule has 0 spiro atoms. The van der Waals surface area contributed by atoms with Crippen LogP contribution in [0.2, 0.25) is 0 Å². The molecule has 0 aromatic heterocycles. The molecule has 0 radical (unpaired) electrons. The standard InChI is InChI=1S/C31H40N8O9/c32-19(13-17-7-3-1-4-8-17)27(43)37-22(15-25(34)41)30(46)36-20(11-12-24(33)40)28(44)38-21(14-18-9-5-2-6-10-18)29(45)39-23(31(47)48)16-26(35)42/h1-10,19-23H,11-16,32H2,(H2,33,40)(H2,34,41)(H2,35,42)(H,36,46)(H,37,43)(H,38,44)(H,39,45)(H,47,48). The first-order chi connectivity index (χ1) is 22.7. The van der Waals surface area contributed by atoms with E-state index in [0.717, 1.165) is 5.56 Å². The number of aliphatic carboxylic acids is 1. The predicted molar refractivity (Wildman–Crippen MR) is 170 cm³/mol. The normalized spacial score (nSPS) is 13.8. The summed E-state index contributed by atoms with van der Waals surface area (Å²) in [5, 5.41) is 18.8. The van der Waals surface area contributed by atoms with Crippen LogP contribution in [0.25, 0.3) is 0 Å². The molecule has 5 unspecified atom stereocenters. The van der Waals surface area contributed by atoms with Crippen molar-refractivity contribution in [2.75, 3.05) is 0 Å². The van der Waals surface area contributed by atoms with Gasteiger partial charge in [0.15, 0.2) is 0 Å². The summed E-state index contributed by atoms with van der Waals surface area (Å²) in [6.07, 6.45) is -2.22. The number of nitrogens with two attached hydrogens (primary N) is 4.